The van der Waals surface area contributed by atoms with Gasteiger partial charge in [-0.2, -0.15) is 0 Å². The zero-order chi connectivity index (χ0) is 21.7. The number of piperidine rings is 1. The van der Waals surface area contributed by atoms with Crippen LogP contribution in [-0.4, -0.2) is 55.5 Å². The van der Waals surface area contributed by atoms with Crippen LogP contribution in [-0.2, 0) is 14.3 Å². The third-order valence-corrected chi connectivity index (χ3v) is 6.58. The molecule has 7 nitrogen and oxygen atoms in total. The average Bonchev–Trinajstić information content (AvgIpc) is 3.43. The maximum atomic E-state index is 12.6. The molecule has 0 spiro atoms. The second-order valence-corrected chi connectivity index (χ2v) is 10.1. The van der Waals surface area contributed by atoms with Crippen LogP contribution in [0.3, 0.4) is 0 Å². The molecule has 0 aromatic carbocycles. The number of rotatable bonds is 2. The largest absolute Gasteiger partial charge is 0.474 e. The van der Waals surface area contributed by atoms with E-state index in [0.29, 0.717) is 49.5 Å². The average molecular weight is 421 g/mol. The van der Waals surface area contributed by atoms with Crippen molar-refractivity contribution in [3.8, 4) is 11.8 Å². The minimum Gasteiger partial charge on any atom is -0.474 e. The van der Waals surface area contributed by atoms with Crippen LogP contribution in [0.15, 0.2) is 22.1 Å². The highest BCUT2D eigenvalue weighted by molar-refractivity contribution is 5.97. The van der Waals surface area contributed by atoms with Crippen molar-refractivity contribution in [2.75, 3.05) is 32.8 Å². The fourth-order valence-electron chi connectivity index (χ4n) is 5.84. The molecule has 3 aliphatic heterocycles. The summed E-state index contributed by atoms with van der Waals surface area (Å²) < 4.78 is 11.3. The Kier molecular flexibility index (Phi) is 4.58. The molecule has 4 aliphatic rings. The summed E-state index contributed by atoms with van der Waals surface area (Å²) in [6.07, 6.45) is 2.63. The van der Waals surface area contributed by atoms with E-state index in [9.17, 15) is 4.79 Å². The van der Waals surface area contributed by atoms with Gasteiger partial charge in [-0.3, -0.25) is 4.79 Å². The number of carbonyl (C=O) groups excluding carboxylic acids is 1. The van der Waals surface area contributed by atoms with Gasteiger partial charge in [-0.15, -0.1) is 0 Å². The molecule has 3 atom stereocenters. The quantitative estimate of drug-likeness (QED) is 0.744. The highest BCUT2D eigenvalue weighted by Crippen LogP contribution is 2.55. The zero-order valence-corrected chi connectivity index (χ0v) is 18.4. The molecule has 1 aliphatic carbocycles. The predicted molar refractivity (Wildman–Crippen MR) is 117 cm³/mol. The number of aromatic nitrogens is 1. The van der Waals surface area contributed by atoms with E-state index < -0.39 is 0 Å². The molecular formula is C24H28N4O3. The van der Waals surface area contributed by atoms with Crippen molar-refractivity contribution in [3.05, 3.63) is 29.1 Å². The summed E-state index contributed by atoms with van der Waals surface area (Å²) >= 11 is 0. The number of pyridine rings is 1. The number of fused-ring (bicyclic) bond motifs is 2. The Morgan fingerprint density at radius 3 is 2.19 bits per heavy atom. The van der Waals surface area contributed by atoms with Gasteiger partial charge in [0.2, 0.25) is 17.7 Å². The van der Waals surface area contributed by atoms with Gasteiger partial charge in [0.05, 0.1) is 13.1 Å². The third-order valence-electron chi connectivity index (χ3n) is 6.58. The SMILES string of the molecule is CC1(C#Cc2cc(C3=NCCO3)nc(C3=NCCO3)c2)CC2(C)CNC(=O)C(C)(C1)C2. The van der Waals surface area contributed by atoms with Crippen molar-refractivity contribution in [1.82, 2.24) is 10.3 Å². The second-order valence-electron chi connectivity index (χ2n) is 10.1. The Bertz CT molecular complexity index is 1030. The molecular weight excluding hydrogens is 392 g/mol. The monoisotopic (exact) mass is 420 g/mol. The molecule has 1 N–H and O–H groups in total. The van der Waals surface area contributed by atoms with Crippen LogP contribution in [0.2, 0.25) is 0 Å². The van der Waals surface area contributed by atoms with Gasteiger partial charge in [-0.1, -0.05) is 25.7 Å². The molecule has 1 aromatic rings. The number of aliphatic imine (C=N–C) groups is 2. The molecule has 4 heterocycles. The number of hydrogen-bond acceptors (Lipinski definition) is 6. The zero-order valence-electron chi connectivity index (χ0n) is 18.4. The summed E-state index contributed by atoms with van der Waals surface area (Å²) in [5, 5.41) is 3.10. The first-order valence-corrected chi connectivity index (χ1v) is 10.9. The summed E-state index contributed by atoms with van der Waals surface area (Å²) in [4.78, 5) is 26.1. The van der Waals surface area contributed by atoms with Crippen LogP contribution in [0.25, 0.3) is 0 Å². The van der Waals surface area contributed by atoms with E-state index >= 15 is 0 Å². The summed E-state index contributed by atoms with van der Waals surface area (Å²) in [7, 11) is 0. The number of carbonyl (C=O) groups is 1. The lowest BCUT2D eigenvalue weighted by Crippen LogP contribution is -2.58. The van der Waals surface area contributed by atoms with Gasteiger partial charge in [0.1, 0.15) is 24.6 Å². The van der Waals surface area contributed by atoms with E-state index in [1.54, 1.807) is 0 Å². The molecule has 1 amide bonds. The Morgan fingerprint density at radius 2 is 1.61 bits per heavy atom. The molecule has 3 unspecified atom stereocenters. The van der Waals surface area contributed by atoms with Crippen LogP contribution in [0.5, 0.6) is 0 Å². The van der Waals surface area contributed by atoms with Gasteiger partial charge in [-0.05, 0) is 43.7 Å². The predicted octanol–water partition coefficient (Wildman–Crippen LogP) is 2.32. The van der Waals surface area contributed by atoms with Crippen molar-refractivity contribution in [1.29, 1.82) is 0 Å². The number of nitrogens with zero attached hydrogens (tertiary/aromatic N) is 3. The highest BCUT2D eigenvalue weighted by Gasteiger charge is 2.54. The molecule has 7 heteroatoms. The van der Waals surface area contributed by atoms with E-state index in [1.165, 1.54) is 0 Å². The Balaban J connectivity index is 1.51. The lowest BCUT2D eigenvalue weighted by Gasteiger charge is -2.53. The van der Waals surface area contributed by atoms with Gasteiger partial charge in [0, 0.05) is 22.9 Å². The first-order chi connectivity index (χ1) is 14.8. The van der Waals surface area contributed by atoms with Crippen LogP contribution in [0, 0.1) is 28.1 Å². The highest BCUT2D eigenvalue weighted by atomic mass is 16.5. The first kappa shape index (κ1) is 20.0. The topological polar surface area (TPSA) is 85.2 Å². The minimum absolute atomic E-state index is 0.0672. The third kappa shape index (κ3) is 3.80. The lowest BCUT2D eigenvalue weighted by atomic mass is 9.53. The van der Waals surface area contributed by atoms with Crippen molar-refractivity contribution >= 4 is 17.7 Å². The van der Waals surface area contributed by atoms with Crippen LogP contribution >= 0.6 is 0 Å². The fraction of sp³-hybridized carbons (Fsp3) is 0.583. The van der Waals surface area contributed by atoms with Crippen molar-refractivity contribution in [2.24, 2.45) is 26.2 Å². The van der Waals surface area contributed by atoms with E-state index in [1.807, 2.05) is 12.1 Å². The Hall–Kier alpha value is -2.88. The van der Waals surface area contributed by atoms with E-state index in [-0.39, 0.29) is 22.2 Å². The van der Waals surface area contributed by atoms with Crippen molar-refractivity contribution < 1.29 is 14.3 Å². The maximum absolute atomic E-state index is 12.6. The lowest BCUT2D eigenvalue weighted by molar-refractivity contribution is -0.144. The van der Waals surface area contributed by atoms with Crippen molar-refractivity contribution in [3.63, 3.8) is 0 Å². The molecule has 1 saturated heterocycles. The summed E-state index contributed by atoms with van der Waals surface area (Å²) in [6, 6.07) is 3.83. The van der Waals surface area contributed by atoms with Crippen LogP contribution in [0.4, 0.5) is 0 Å². The van der Waals surface area contributed by atoms with Gasteiger partial charge in [-0.25, -0.2) is 15.0 Å². The van der Waals surface area contributed by atoms with E-state index in [0.717, 1.165) is 31.4 Å². The second kappa shape index (κ2) is 7.08. The van der Waals surface area contributed by atoms with Crippen LogP contribution < -0.4 is 5.32 Å². The summed E-state index contributed by atoms with van der Waals surface area (Å²) in [5.41, 5.74) is 1.59. The van der Waals surface area contributed by atoms with E-state index in [4.69, 9.17) is 9.47 Å². The smallest absolute Gasteiger partial charge is 0.235 e. The number of amides is 1. The van der Waals surface area contributed by atoms with Gasteiger partial charge in [0.25, 0.3) is 0 Å². The van der Waals surface area contributed by atoms with E-state index in [2.05, 4.69) is 52.9 Å². The molecule has 2 bridgehead atoms. The number of nitrogens with one attached hydrogen (secondary N) is 1. The summed E-state index contributed by atoms with van der Waals surface area (Å²) in [6.45, 7) is 9.65. The minimum atomic E-state index is -0.373. The molecule has 162 valence electrons. The molecule has 1 aromatic heterocycles. The molecule has 31 heavy (non-hydrogen) atoms. The van der Waals surface area contributed by atoms with Gasteiger partial charge >= 0.3 is 0 Å². The van der Waals surface area contributed by atoms with Crippen LogP contribution in [0.1, 0.15) is 57.0 Å². The molecule has 5 rings (SSSR count). The first-order valence-electron chi connectivity index (χ1n) is 10.9. The van der Waals surface area contributed by atoms with Crippen molar-refractivity contribution in [2.45, 2.75) is 40.0 Å². The molecule has 0 radical (unpaired) electrons. The molecule has 1 saturated carbocycles. The normalized spacial score (nSPS) is 34.0. The standard InChI is InChI=1S/C24H28N4O3/c1-22(12-23(2)14-24(3,13-22)21(29)27-15-23)5-4-16-10-17(19-25-6-8-30-19)28-18(11-16)20-26-7-9-31-20/h10-11H,6-9,12-15H2,1-3H3,(H,27,29). The summed E-state index contributed by atoms with van der Waals surface area (Å²) in [5.74, 6) is 8.14. The Morgan fingerprint density at radius 1 is 0.968 bits per heavy atom. The molecule has 2 fully saturated rings. The van der Waals surface area contributed by atoms with Gasteiger partial charge < -0.3 is 14.8 Å². The maximum Gasteiger partial charge on any atom is 0.235 e. The van der Waals surface area contributed by atoms with Gasteiger partial charge in [0.15, 0.2) is 0 Å². The number of hydrogen-bond donors (Lipinski definition) is 1. The number of ether oxygens (including phenoxy) is 2. The fourth-order valence-corrected chi connectivity index (χ4v) is 5.84. The Labute approximate surface area is 182 Å².